The Kier molecular flexibility index (Phi) is 11.8. The first-order valence-electron chi connectivity index (χ1n) is 13.4. The van der Waals surface area contributed by atoms with Crippen molar-refractivity contribution in [2.24, 2.45) is 5.73 Å². The Bertz CT molecular complexity index is 999. The fourth-order valence-electron chi connectivity index (χ4n) is 4.26. The molecule has 0 bridgehead atoms. The number of aryl methyl sites for hydroxylation is 1. The van der Waals surface area contributed by atoms with Gasteiger partial charge >= 0.3 is 6.09 Å². The van der Waals surface area contributed by atoms with E-state index in [-0.39, 0.29) is 11.9 Å². The van der Waals surface area contributed by atoms with Crippen molar-refractivity contribution in [3.05, 3.63) is 34.9 Å². The van der Waals surface area contributed by atoms with E-state index in [4.69, 9.17) is 10.5 Å². The monoisotopic (exact) mass is 532 g/mol. The van der Waals surface area contributed by atoms with E-state index in [0.29, 0.717) is 12.0 Å². The van der Waals surface area contributed by atoms with Crippen LogP contribution in [0.1, 0.15) is 104 Å². The number of amides is 4. The SMILES string of the molecule is CCCC(C)NC(=O)C(c1cccc(C)c1C)N(C(=O)C(CC(N)=O)NC(=O)OC(C)(C)C)C(C)(C)CC. The zero-order valence-corrected chi connectivity index (χ0v) is 24.9. The number of nitrogens with two attached hydrogens (primary N) is 1. The minimum Gasteiger partial charge on any atom is -0.444 e. The van der Waals surface area contributed by atoms with E-state index in [2.05, 4.69) is 10.6 Å². The largest absolute Gasteiger partial charge is 0.444 e. The van der Waals surface area contributed by atoms with Crippen molar-refractivity contribution in [1.29, 1.82) is 0 Å². The standard InChI is InChI=1S/C29H48N4O5/c1-11-14-19(4)31-25(35)24(21-16-13-15-18(3)20(21)5)33(29(9,10)12-2)26(36)22(17-23(30)34)32-27(37)38-28(6,7)8/h13,15-16,19,22,24H,11-12,14,17H2,1-10H3,(H2,30,34)(H,31,35)(H,32,37). The van der Waals surface area contributed by atoms with Gasteiger partial charge in [-0.05, 0) is 84.9 Å². The highest BCUT2D eigenvalue weighted by Gasteiger charge is 2.44. The summed E-state index contributed by atoms with van der Waals surface area (Å²) in [5.41, 5.74) is 6.38. The molecule has 3 atom stereocenters. The molecule has 0 radical (unpaired) electrons. The van der Waals surface area contributed by atoms with Gasteiger partial charge in [0.25, 0.3) is 0 Å². The minimum atomic E-state index is -1.32. The van der Waals surface area contributed by atoms with Crippen molar-refractivity contribution in [2.75, 3.05) is 0 Å². The number of hydrogen-bond donors (Lipinski definition) is 3. The highest BCUT2D eigenvalue weighted by Crippen LogP contribution is 2.34. The molecule has 214 valence electrons. The molecule has 1 aromatic rings. The number of nitrogens with one attached hydrogen (secondary N) is 2. The van der Waals surface area contributed by atoms with Crippen molar-refractivity contribution in [2.45, 2.75) is 124 Å². The highest BCUT2D eigenvalue weighted by molar-refractivity contribution is 5.95. The van der Waals surface area contributed by atoms with Crippen molar-refractivity contribution < 1.29 is 23.9 Å². The maximum atomic E-state index is 14.3. The lowest BCUT2D eigenvalue weighted by atomic mass is 9.89. The van der Waals surface area contributed by atoms with Crippen LogP contribution in [0, 0.1) is 13.8 Å². The molecular formula is C29H48N4O5. The van der Waals surface area contributed by atoms with E-state index < -0.39 is 47.6 Å². The number of primary amides is 1. The summed E-state index contributed by atoms with van der Waals surface area (Å²) >= 11 is 0. The van der Waals surface area contributed by atoms with E-state index in [1.54, 1.807) is 20.8 Å². The van der Waals surface area contributed by atoms with Gasteiger partial charge in [-0.2, -0.15) is 0 Å². The lowest BCUT2D eigenvalue weighted by molar-refractivity contribution is -0.150. The van der Waals surface area contributed by atoms with Gasteiger partial charge in [0, 0.05) is 11.6 Å². The Morgan fingerprint density at radius 1 is 1.03 bits per heavy atom. The lowest BCUT2D eigenvalue weighted by Crippen LogP contribution is -2.60. The summed E-state index contributed by atoms with van der Waals surface area (Å²) in [7, 11) is 0. The molecule has 0 aromatic heterocycles. The molecule has 0 spiro atoms. The first kappa shape index (κ1) is 32.9. The third kappa shape index (κ3) is 9.33. The second-order valence-corrected chi connectivity index (χ2v) is 11.6. The summed E-state index contributed by atoms with van der Waals surface area (Å²) in [6, 6.07) is 3.21. The number of hydrogen-bond acceptors (Lipinski definition) is 5. The summed E-state index contributed by atoms with van der Waals surface area (Å²) in [5.74, 6) is -1.69. The molecule has 3 unspecified atom stereocenters. The van der Waals surface area contributed by atoms with Crippen molar-refractivity contribution in [1.82, 2.24) is 15.5 Å². The van der Waals surface area contributed by atoms with E-state index in [0.717, 1.165) is 24.0 Å². The average Bonchev–Trinajstić information content (AvgIpc) is 2.77. The second kappa shape index (κ2) is 13.6. The summed E-state index contributed by atoms with van der Waals surface area (Å²) in [5, 5.41) is 5.60. The molecule has 0 saturated carbocycles. The normalized spacial score (nSPS) is 14.2. The first-order chi connectivity index (χ1) is 17.4. The van der Waals surface area contributed by atoms with E-state index in [1.807, 2.05) is 66.7 Å². The van der Waals surface area contributed by atoms with Crippen LogP contribution in [0.4, 0.5) is 4.79 Å². The zero-order valence-electron chi connectivity index (χ0n) is 24.9. The molecular weight excluding hydrogens is 484 g/mol. The van der Waals surface area contributed by atoms with Crippen LogP contribution in [-0.4, -0.2) is 51.9 Å². The smallest absolute Gasteiger partial charge is 0.408 e. The van der Waals surface area contributed by atoms with Gasteiger partial charge in [0.15, 0.2) is 0 Å². The average molecular weight is 533 g/mol. The second-order valence-electron chi connectivity index (χ2n) is 11.6. The predicted octanol–water partition coefficient (Wildman–Crippen LogP) is 4.44. The van der Waals surface area contributed by atoms with Gasteiger partial charge in [-0.3, -0.25) is 14.4 Å². The topological polar surface area (TPSA) is 131 Å². The quantitative estimate of drug-likeness (QED) is 0.366. The predicted molar refractivity (Wildman–Crippen MR) is 149 cm³/mol. The first-order valence-corrected chi connectivity index (χ1v) is 13.4. The van der Waals surface area contributed by atoms with Crippen molar-refractivity contribution >= 4 is 23.8 Å². The number of alkyl carbamates (subject to hydrolysis) is 1. The van der Waals surface area contributed by atoms with E-state index in [1.165, 1.54) is 4.90 Å². The molecule has 9 nitrogen and oxygen atoms in total. The molecule has 0 aliphatic carbocycles. The molecule has 9 heteroatoms. The van der Waals surface area contributed by atoms with Crippen LogP contribution in [0.15, 0.2) is 18.2 Å². The van der Waals surface area contributed by atoms with E-state index in [9.17, 15) is 19.2 Å². The third-order valence-corrected chi connectivity index (χ3v) is 6.71. The summed E-state index contributed by atoms with van der Waals surface area (Å²) in [4.78, 5) is 54.4. The molecule has 4 N–H and O–H groups in total. The maximum Gasteiger partial charge on any atom is 0.408 e. The number of ether oxygens (including phenoxy) is 1. The van der Waals surface area contributed by atoms with Crippen molar-refractivity contribution in [3.8, 4) is 0 Å². The van der Waals surface area contributed by atoms with Gasteiger partial charge in [-0.1, -0.05) is 38.5 Å². The van der Waals surface area contributed by atoms with Gasteiger partial charge in [0.05, 0.1) is 6.42 Å². The number of carbonyl (C=O) groups excluding carboxylic acids is 4. The Labute approximate surface area is 228 Å². The number of rotatable bonds is 12. The van der Waals surface area contributed by atoms with Gasteiger partial charge in [-0.25, -0.2) is 4.79 Å². The summed E-state index contributed by atoms with van der Waals surface area (Å²) in [6.07, 6.45) is 0.880. The Morgan fingerprint density at radius 3 is 2.13 bits per heavy atom. The Hall–Kier alpha value is -3.10. The molecule has 1 aromatic carbocycles. The minimum absolute atomic E-state index is 0.108. The molecule has 0 fully saturated rings. The van der Waals surface area contributed by atoms with Crippen LogP contribution < -0.4 is 16.4 Å². The number of carbonyl (C=O) groups is 4. The fraction of sp³-hybridized carbons (Fsp3) is 0.655. The van der Waals surface area contributed by atoms with Gasteiger partial charge in [-0.15, -0.1) is 0 Å². The maximum absolute atomic E-state index is 14.3. The molecule has 0 aliphatic heterocycles. The summed E-state index contributed by atoms with van der Waals surface area (Å²) in [6.45, 7) is 18.6. The highest BCUT2D eigenvalue weighted by atomic mass is 16.6. The fourth-order valence-corrected chi connectivity index (χ4v) is 4.26. The van der Waals surface area contributed by atoms with Gasteiger partial charge in [0.2, 0.25) is 17.7 Å². The number of benzene rings is 1. The molecule has 0 saturated heterocycles. The zero-order chi connectivity index (χ0) is 29.4. The molecule has 0 heterocycles. The van der Waals surface area contributed by atoms with Crippen LogP contribution in [0.25, 0.3) is 0 Å². The Balaban J connectivity index is 3.75. The molecule has 0 aliphatic rings. The third-order valence-electron chi connectivity index (χ3n) is 6.71. The Morgan fingerprint density at radius 2 is 1.63 bits per heavy atom. The van der Waals surface area contributed by atoms with E-state index >= 15 is 0 Å². The lowest BCUT2D eigenvalue weighted by Gasteiger charge is -2.45. The van der Waals surface area contributed by atoms with Crippen LogP contribution in [0.2, 0.25) is 0 Å². The van der Waals surface area contributed by atoms with Crippen LogP contribution in [-0.2, 0) is 19.1 Å². The van der Waals surface area contributed by atoms with Crippen molar-refractivity contribution in [3.63, 3.8) is 0 Å². The molecule has 4 amide bonds. The van der Waals surface area contributed by atoms with Crippen LogP contribution in [0.3, 0.4) is 0 Å². The summed E-state index contributed by atoms with van der Waals surface area (Å²) < 4.78 is 5.35. The molecule has 1 rings (SSSR count). The van der Waals surface area contributed by atoms with Crippen LogP contribution in [0.5, 0.6) is 0 Å². The van der Waals surface area contributed by atoms with Crippen LogP contribution >= 0.6 is 0 Å². The van der Waals surface area contributed by atoms with Gasteiger partial charge in [0.1, 0.15) is 17.7 Å². The van der Waals surface area contributed by atoms with Gasteiger partial charge < -0.3 is 26.0 Å². The molecule has 38 heavy (non-hydrogen) atoms. The number of nitrogens with zero attached hydrogens (tertiary/aromatic N) is 1.